The van der Waals surface area contributed by atoms with Crippen molar-refractivity contribution in [3.8, 4) is 0 Å². The minimum atomic E-state index is -0.995. The highest BCUT2D eigenvalue weighted by molar-refractivity contribution is 7.17. The van der Waals surface area contributed by atoms with E-state index in [1.807, 2.05) is 0 Å². The van der Waals surface area contributed by atoms with Crippen LogP contribution < -0.4 is 10.6 Å². The van der Waals surface area contributed by atoms with Crippen LogP contribution in [0.4, 0.5) is 9.93 Å². The Labute approximate surface area is 181 Å². The predicted octanol–water partition coefficient (Wildman–Crippen LogP) is 2.73. The average Bonchev–Trinajstić information content (AvgIpc) is 3.17. The third kappa shape index (κ3) is 4.77. The maximum atomic E-state index is 12.6. The predicted molar refractivity (Wildman–Crippen MR) is 110 cm³/mol. The highest BCUT2D eigenvalue weighted by atomic mass is 35.5. The molecule has 0 spiro atoms. The van der Waals surface area contributed by atoms with Gasteiger partial charge in [-0.1, -0.05) is 41.1 Å². The first-order valence-corrected chi connectivity index (χ1v) is 10.3. The fourth-order valence-corrected chi connectivity index (χ4v) is 3.93. The standard InChI is InChI=1S/C19H19ClN4O5S/c1-3-29-17(27)15-10(2)21-18(30-15)23-14(25)8-13-16(26)24(19(28)22-13)9-11-6-4-5-7-12(11)20/h4-7,13H,3,8-9H2,1-2H3,(H,22,28)(H,21,23,25)/t13-/m1/s1. The van der Waals surface area contributed by atoms with Crippen LogP contribution in [0.2, 0.25) is 5.02 Å². The molecule has 2 aromatic rings. The number of nitrogens with zero attached hydrogens (tertiary/aromatic N) is 2. The number of halogens is 1. The fraction of sp³-hybridized carbons (Fsp3) is 0.316. The second-order valence-corrected chi connectivity index (χ2v) is 7.83. The van der Waals surface area contributed by atoms with Crippen molar-refractivity contribution >= 4 is 51.9 Å². The van der Waals surface area contributed by atoms with E-state index in [2.05, 4.69) is 15.6 Å². The second-order valence-electron chi connectivity index (χ2n) is 6.42. The van der Waals surface area contributed by atoms with Gasteiger partial charge in [0.15, 0.2) is 5.13 Å². The SMILES string of the molecule is CCOC(=O)c1sc(NC(=O)C[C@H]2NC(=O)N(Cc3ccccc3Cl)C2=O)nc1C. The lowest BCUT2D eigenvalue weighted by molar-refractivity contribution is -0.130. The third-order valence-corrected chi connectivity index (χ3v) is 5.71. The average molecular weight is 451 g/mol. The first kappa shape index (κ1) is 21.7. The Hall–Kier alpha value is -2.98. The number of imide groups is 1. The van der Waals surface area contributed by atoms with Gasteiger partial charge in [-0.05, 0) is 25.5 Å². The number of hydrogen-bond acceptors (Lipinski definition) is 7. The molecule has 1 aromatic carbocycles. The molecule has 2 N–H and O–H groups in total. The van der Waals surface area contributed by atoms with Crippen molar-refractivity contribution in [1.29, 1.82) is 0 Å². The Kier molecular flexibility index (Phi) is 6.68. The number of rotatable bonds is 7. The van der Waals surface area contributed by atoms with E-state index in [4.69, 9.17) is 16.3 Å². The molecule has 0 saturated carbocycles. The Morgan fingerprint density at radius 1 is 1.33 bits per heavy atom. The number of anilines is 1. The molecule has 30 heavy (non-hydrogen) atoms. The Morgan fingerprint density at radius 3 is 2.77 bits per heavy atom. The molecule has 1 aromatic heterocycles. The van der Waals surface area contributed by atoms with E-state index in [1.165, 1.54) is 0 Å². The van der Waals surface area contributed by atoms with E-state index in [0.717, 1.165) is 16.2 Å². The summed E-state index contributed by atoms with van der Waals surface area (Å²) in [4.78, 5) is 54.4. The molecular formula is C19H19ClN4O5S. The van der Waals surface area contributed by atoms with Crippen LogP contribution >= 0.6 is 22.9 Å². The number of urea groups is 1. The number of carbonyl (C=O) groups excluding carboxylic acids is 4. The number of ether oxygens (including phenoxy) is 1. The lowest BCUT2D eigenvalue weighted by Crippen LogP contribution is -2.34. The maximum absolute atomic E-state index is 12.6. The van der Waals surface area contributed by atoms with Crippen LogP contribution in [0, 0.1) is 6.92 Å². The third-order valence-electron chi connectivity index (χ3n) is 4.29. The van der Waals surface area contributed by atoms with Gasteiger partial charge >= 0.3 is 12.0 Å². The number of thiazole rings is 1. The number of benzene rings is 1. The van der Waals surface area contributed by atoms with Gasteiger partial charge in [-0.25, -0.2) is 14.6 Å². The van der Waals surface area contributed by atoms with Gasteiger partial charge in [-0.15, -0.1) is 0 Å². The van der Waals surface area contributed by atoms with Gasteiger partial charge in [0, 0.05) is 5.02 Å². The minimum Gasteiger partial charge on any atom is -0.462 e. The zero-order chi connectivity index (χ0) is 21.8. The van der Waals surface area contributed by atoms with E-state index in [-0.39, 0.29) is 24.7 Å². The second kappa shape index (κ2) is 9.23. The van der Waals surface area contributed by atoms with Crippen LogP contribution in [0.25, 0.3) is 0 Å². The Bertz CT molecular complexity index is 1010. The molecular weight excluding hydrogens is 432 g/mol. The van der Waals surface area contributed by atoms with E-state index in [0.29, 0.717) is 21.2 Å². The van der Waals surface area contributed by atoms with E-state index < -0.39 is 29.9 Å². The van der Waals surface area contributed by atoms with Crippen LogP contribution in [0.3, 0.4) is 0 Å². The summed E-state index contributed by atoms with van der Waals surface area (Å²) >= 11 is 7.08. The summed E-state index contributed by atoms with van der Waals surface area (Å²) in [5.41, 5.74) is 1.06. The monoisotopic (exact) mass is 450 g/mol. The molecule has 1 aliphatic rings. The highest BCUT2D eigenvalue weighted by Gasteiger charge is 2.39. The first-order chi connectivity index (χ1) is 14.3. The van der Waals surface area contributed by atoms with Crippen molar-refractivity contribution in [3.63, 3.8) is 0 Å². The molecule has 0 radical (unpaired) electrons. The highest BCUT2D eigenvalue weighted by Crippen LogP contribution is 2.24. The molecule has 1 atom stereocenters. The smallest absolute Gasteiger partial charge is 0.350 e. The summed E-state index contributed by atoms with van der Waals surface area (Å²) in [6, 6.07) is 5.30. The molecule has 1 fully saturated rings. The van der Waals surface area contributed by atoms with Gasteiger partial charge < -0.3 is 15.4 Å². The van der Waals surface area contributed by atoms with Crippen molar-refractivity contribution in [2.75, 3.05) is 11.9 Å². The molecule has 11 heteroatoms. The molecule has 0 aliphatic carbocycles. The lowest BCUT2D eigenvalue weighted by Gasteiger charge is -2.14. The zero-order valence-electron chi connectivity index (χ0n) is 16.2. The van der Waals surface area contributed by atoms with Crippen LogP contribution in [0.5, 0.6) is 0 Å². The number of aromatic nitrogens is 1. The van der Waals surface area contributed by atoms with Gasteiger partial charge in [0.25, 0.3) is 5.91 Å². The molecule has 9 nitrogen and oxygen atoms in total. The molecule has 1 saturated heterocycles. The topological polar surface area (TPSA) is 118 Å². The van der Waals surface area contributed by atoms with Crippen LogP contribution in [0.15, 0.2) is 24.3 Å². The zero-order valence-corrected chi connectivity index (χ0v) is 17.8. The van der Waals surface area contributed by atoms with Crippen LogP contribution in [0.1, 0.15) is 34.3 Å². The summed E-state index contributed by atoms with van der Waals surface area (Å²) in [7, 11) is 0. The largest absolute Gasteiger partial charge is 0.462 e. The molecule has 0 bridgehead atoms. The first-order valence-electron chi connectivity index (χ1n) is 9.09. The van der Waals surface area contributed by atoms with Gasteiger partial charge in [-0.3, -0.25) is 14.5 Å². The van der Waals surface area contributed by atoms with Crippen molar-refractivity contribution in [1.82, 2.24) is 15.2 Å². The lowest BCUT2D eigenvalue weighted by atomic mass is 10.1. The van der Waals surface area contributed by atoms with Gasteiger partial charge in [0.2, 0.25) is 5.91 Å². The van der Waals surface area contributed by atoms with E-state index >= 15 is 0 Å². The number of aryl methyl sites for hydroxylation is 1. The Morgan fingerprint density at radius 2 is 2.07 bits per heavy atom. The number of carbonyl (C=O) groups is 4. The van der Waals surface area contributed by atoms with Crippen molar-refractivity contribution in [2.24, 2.45) is 0 Å². The van der Waals surface area contributed by atoms with E-state index in [1.54, 1.807) is 38.1 Å². The van der Waals surface area contributed by atoms with E-state index in [9.17, 15) is 19.2 Å². The minimum absolute atomic E-state index is 0.0109. The number of hydrogen-bond donors (Lipinski definition) is 2. The van der Waals surface area contributed by atoms with Gasteiger partial charge in [0.05, 0.1) is 25.3 Å². The quantitative estimate of drug-likeness (QED) is 0.494. The molecule has 2 heterocycles. The van der Waals surface area contributed by atoms with Crippen molar-refractivity contribution < 1.29 is 23.9 Å². The maximum Gasteiger partial charge on any atom is 0.350 e. The molecule has 3 rings (SSSR count). The summed E-state index contributed by atoms with van der Waals surface area (Å²) in [6.07, 6.45) is -0.267. The van der Waals surface area contributed by atoms with Crippen molar-refractivity contribution in [3.05, 3.63) is 45.4 Å². The summed E-state index contributed by atoms with van der Waals surface area (Å²) in [5.74, 6) is -1.54. The summed E-state index contributed by atoms with van der Waals surface area (Å²) in [6.45, 7) is 3.56. The normalized spacial score (nSPS) is 15.8. The summed E-state index contributed by atoms with van der Waals surface area (Å²) in [5, 5.41) is 5.71. The Balaban J connectivity index is 1.61. The van der Waals surface area contributed by atoms with Gasteiger partial charge in [0.1, 0.15) is 10.9 Å². The fourth-order valence-electron chi connectivity index (χ4n) is 2.85. The van der Waals surface area contributed by atoms with Gasteiger partial charge in [-0.2, -0.15) is 0 Å². The molecule has 1 aliphatic heterocycles. The molecule has 0 unspecified atom stereocenters. The van der Waals surface area contributed by atoms with Crippen LogP contribution in [-0.4, -0.2) is 46.3 Å². The number of esters is 1. The van der Waals surface area contributed by atoms with Crippen molar-refractivity contribution in [2.45, 2.75) is 32.9 Å². The number of amides is 4. The number of nitrogens with one attached hydrogen (secondary N) is 2. The molecule has 158 valence electrons. The molecule has 4 amide bonds. The summed E-state index contributed by atoms with van der Waals surface area (Å²) < 4.78 is 4.94. The van der Waals surface area contributed by atoms with Crippen LogP contribution in [-0.2, 0) is 20.9 Å².